The number of nitrogens with zero attached hydrogens (tertiary/aromatic N) is 2. The first-order valence-electron chi connectivity index (χ1n) is 10.9. The molecule has 0 bridgehead atoms. The maximum atomic E-state index is 11.3. The van der Waals surface area contributed by atoms with Crippen LogP contribution in [0.1, 0.15) is 31.2 Å². The number of fused-ring (bicyclic) bond motifs is 1. The monoisotopic (exact) mass is 429 g/mol. The number of anilines is 1. The van der Waals surface area contributed by atoms with Crippen LogP contribution in [0.5, 0.6) is 0 Å². The Kier molecular flexibility index (Phi) is 6.80. The SMILES string of the molecule is COC(=O)CCCCCNc1ncnc2oc(-c3ccccc3)c(-c3ccc(C)cc3)c12. The standard InChI is InChI=1S/C26H27N3O3/c1-18-12-14-19(15-13-18)22-23-25(27-16-8-4-7-11-21(30)31-2)28-17-29-26(23)32-24(22)20-9-5-3-6-10-20/h3,5-6,9-10,12-15,17H,4,7-8,11,16H2,1-2H3,(H,27,28,29). The van der Waals surface area contributed by atoms with Gasteiger partial charge in [-0.2, -0.15) is 0 Å². The van der Waals surface area contributed by atoms with Crippen molar-refractivity contribution in [2.24, 2.45) is 0 Å². The van der Waals surface area contributed by atoms with Gasteiger partial charge in [0.15, 0.2) is 0 Å². The molecule has 0 radical (unpaired) electrons. The summed E-state index contributed by atoms with van der Waals surface area (Å²) in [5, 5.41) is 4.33. The highest BCUT2D eigenvalue weighted by Crippen LogP contribution is 2.42. The highest BCUT2D eigenvalue weighted by Gasteiger charge is 2.21. The Morgan fingerprint density at radius 1 is 0.969 bits per heavy atom. The molecule has 6 nitrogen and oxygen atoms in total. The molecule has 0 aliphatic carbocycles. The predicted octanol–water partition coefficient (Wildman–Crippen LogP) is 6.01. The van der Waals surface area contributed by atoms with Crippen molar-refractivity contribution < 1.29 is 13.9 Å². The molecule has 0 saturated heterocycles. The fourth-order valence-corrected chi connectivity index (χ4v) is 3.74. The summed E-state index contributed by atoms with van der Waals surface area (Å²) in [6.45, 7) is 2.82. The van der Waals surface area contributed by atoms with E-state index in [0.29, 0.717) is 12.1 Å². The summed E-state index contributed by atoms with van der Waals surface area (Å²) in [4.78, 5) is 20.2. The number of methoxy groups -OCH3 is 1. The Bertz CT molecular complexity index is 1180. The Labute approximate surface area is 187 Å². The summed E-state index contributed by atoms with van der Waals surface area (Å²) in [6, 6.07) is 18.5. The van der Waals surface area contributed by atoms with E-state index in [0.717, 1.165) is 59.5 Å². The van der Waals surface area contributed by atoms with E-state index < -0.39 is 0 Å². The summed E-state index contributed by atoms with van der Waals surface area (Å²) in [6.07, 6.45) is 4.65. The fraction of sp³-hybridized carbons (Fsp3) is 0.269. The third-order valence-corrected chi connectivity index (χ3v) is 5.44. The zero-order valence-electron chi connectivity index (χ0n) is 18.4. The molecule has 0 aliphatic rings. The molecule has 0 amide bonds. The largest absolute Gasteiger partial charge is 0.469 e. The van der Waals surface area contributed by atoms with E-state index in [4.69, 9.17) is 9.15 Å². The van der Waals surface area contributed by atoms with Gasteiger partial charge in [-0.15, -0.1) is 0 Å². The number of furan rings is 1. The molecule has 4 aromatic rings. The van der Waals surface area contributed by atoms with Crippen molar-refractivity contribution in [1.82, 2.24) is 9.97 Å². The lowest BCUT2D eigenvalue weighted by molar-refractivity contribution is -0.140. The Balaban J connectivity index is 1.65. The molecule has 6 heteroatoms. The molecule has 0 unspecified atom stereocenters. The van der Waals surface area contributed by atoms with Gasteiger partial charge in [0, 0.05) is 24.1 Å². The van der Waals surface area contributed by atoms with E-state index in [-0.39, 0.29) is 5.97 Å². The molecule has 0 spiro atoms. The van der Waals surface area contributed by atoms with Crippen LogP contribution in [0.15, 0.2) is 65.3 Å². The van der Waals surface area contributed by atoms with Crippen LogP contribution >= 0.6 is 0 Å². The van der Waals surface area contributed by atoms with Crippen LogP contribution < -0.4 is 5.32 Å². The number of aromatic nitrogens is 2. The number of hydrogen-bond acceptors (Lipinski definition) is 6. The second kappa shape index (κ2) is 10.1. The molecular formula is C26H27N3O3. The number of esters is 1. The fourth-order valence-electron chi connectivity index (χ4n) is 3.74. The van der Waals surface area contributed by atoms with Gasteiger partial charge in [-0.05, 0) is 25.3 Å². The average molecular weight is 430 g/mol. The maximum Gasteiger partial charge on any atom is 0.305 e. The Hall–Kier alpha value is -3.67. The quantitative estimate of drug-likeness (QED) is 0.259. The van der Waals surface area contributed by atoms with Crippen molar-refractivity contribution in [3.8, 4) is 22.5 Å². The molecule has 2 aromatic carbocycles. The van der Waals surface area contributed by atoms with Crippen LogP contribution in [0.3, 0.4) is 0 Å². The Morgan fingerprint density at radius 2 is 1.75 bits per heavy atom. The number of aryl methyl sites for hydroxylation is 1. The summed E-state index contributed by atoms with van der Waals surface area (Å²) < 4.78 is 10.9. The number of nitrogens with one attached hydrogen (secondary N) is 1. The zero-order chi connectivity index (χ0) is 22.3. The molecule has 2 aromatic heterocycles. The third kappa shape index (κ3) is 4.80. The van der Waals surface area contributed by atoms with Crippen LogP contribution in [0.4, 0.5) is 5.82 Å². The first-order valence-corrected chi connectivity index (χ1v) is 10.9. The number of rotatable bonds is 9. The second-order valence-electron chi connectivity index (χ2n) is 7.75. The number of carbonyl (C=O) groups excluding carboxylic acids is 1. The highest BCUT2D eigenvalue weighted by atomic mass is 16.5. The van der Waals surface area contributed by atoms with Crippen molar-refractivity contribution in [2.45, 2.75) is 32.6 Å². The normalized spacial score (nSPS) is 10.9. The van der Waals surface area contributed by atoms with E-state index in [1.807, 2.05) is 30.3 Å². The van der Waals surface area contributed by atoms with Crippen molar-refractivity contribution >= 4 is 22.9 Å². The third-order valence-electron chi connectivity index (χ3n) is 5.44. The first kappa shape index (κ1) is 21.6. The smallest absolute Gasteiger partial charge is 0.305 e. The minimum atomic E-state index is -0.162. The van der Waals surface area contributed by atoms with Gasteiger partial charge < -0.3 is 14.5 Å². The number of carbonyl (C=O) groups is 1. The van der Waals surface area contributed by atoms with Crippen molar-refractivity contribution in [2.75, 3.05) is 19.0 Å². The molecular weight excluding hydrogens is 402 g/mol. The second-order valence-corrected chi connectivity index (χ2v) is 7.75. The topological polar surface area (TPSA) is 77.2 Å². The lowest BCUT2D eigenvalue weighted by atomic mass is 9.98. The summed E-state index contributed by atoms with van der Waals surface area (Å²) >= 11 is 0. The van der Waals surface area contributed by atoms with Crippen LogP contribution in [0, 0.1) is 6.92 Å². The molecule has 2 heterocycles. The summed E-state index contributed by atoms with van der Waals surface area (Å²) in [5.41, 5.74) is 4.80. The number of unbranched alkanes of at least 4 members (excludes halogenated alkanes) is 2. The maximum absolute atomic E-state index is 11.3. The van der Waals surface area contributed by atoms with Crippen molar-refractivity contribution in [3.05, 3.63) is 66.5 Å². The van der Waals surface area contributed by atoms with E-state index >= 15 is 0 Å². The van der Waals surface area contributed by atoms with Crippen molar-refractivity contribution in [1.29, 1.82) is 0 Å². The summed E-state index contributed by atoms with van der Waals surface area (Å²) in [7, 11) is 1.42. The van der Waals surface area contributed by atoms with Crippen LogP contribution in [0.2, 0.25) is 0 Å². The first-order chi connectivity index (χ1) is 15.7. The van der Waals surface area contributed by atoms with Gasteiger partial charge in [-0.25, -0.2) is 9.97 Å². The van der Waals surface area contributed by atoms with Gasteiger partial charge in [0.1, 0.15) is 17.9 Å². The minimum absolute atomic E-state index is 0.162. The summed E-state index contributed by atoms with van der Waals surface area (Å²) in [5.74, 6) is 1.38. The molecule has 1 N–H and O–H groups in total. The van der Waals surface area contributed by atoms with Crippen LogP contribution in [0.25, 0.3) is 33.6 Å². The Morgan fingerprint density at radius 3 is 2.50 bits per heavy atom. The van der Waals surface area contributed by atoms with E-state index in [1.54, 1.807) is 0 Å². The van der Waals surface area contributed by atoms with Crippen molar-refractivity contribution in [3.63, 3.8) is 0 Å². The van der Waals surface area contributed by atoms with Gasteiger partial charge in [0.2, 0.25) is 5.71 Å². The molecule has 0 fully saturated rings. The average Bonchev–Trinajstić information content (AvgIpc) is 3.22. The number of hydrogen-bond donors (Lipinski definition) is 1. The minimum Gasteiger partial charge on any atom is -0.469 e. The molecule has 0 saturated carbocycles. The van der Waals surface area contributed by atoms with Crippen LogP contribution in [-0.4, -0.2) is 29.6 Å². The van der Waals surface area contributed by atoms with E-state index in [1.165, 1.54) is 19.0 Å². The molecule has 32 heavy (non-hydrogen) atoms. The molecule has 164 valence electrons. The molecule has 0 atom stereocenters. The van der Waals surface area contributed by atoms with E-state index in [9.17, 15) is 4.79 Å². The lowest BCUT2D eigenvalue weighted by Gasteiger charge is -2.09. The van der Waals surface area contributed by atoms with Crippen LogP contribution in [-0.2, 0) is 9.53 Å². The predicted molar refractivity (Wildman–Crippen MR) is 126 cm³/mol. The van der Waals surface area contributed by atoms with Gasteiger partial charge >= 0.3 is 5.97 Å². The van der Waals surface area contributed by atoms with E-state index in [2.05, 4.69) is 46.5 Å². The highest BCUT2D eigenvalue weighted by molar-refractivity contribution is 6.05. The number of benzene rings is 2. The number of ether oxygens (including phenoxy) is 1. The van der Waals surface area contributed by atoms with Gasteiger partial charge in [-0.1, -0.05) is 66.6 Å². The zero-order valence-corrected chi connectivity index (χ0v) is 18.4. The van der Waals surface area contributed by atoms with Gasteiger partial charge in [0.25, 0.3) is 0 Å². The molecule has 4 rings (SSSR count). The lowest BCUT2D eigenvalue weighted by Crippen LogP contribution is -2.05. The van der Waals surface area contributed by atoms with Gasteiger partial charge in [-0.3, -0.25) is 4.79 Å². The molecule has 0 aliphatic heterocycles. The van der Waals surface area contributed by atoms with Gasteiger partial charge in [0.05, 0.1) is 12.5 Å².